The molecule has 0 bridgehead atoms. The number of carbonyl (C=O) groups excluding carboxylic acids is 2. The Hall–Kier alpha value is -1.44. The maximum Gasteiger partial charge on any atom is 0.166 e. The van der Waals surface area contributed by atoms with Gasteiger partial charge in [-0.3, -0.25) is 4.79 Å². The molecule has 0 aliphatic rings. The van der Waals surface area contributed by atoms with Crippen molar-refractivity contribution in [2.24, 2.45) is 5.92 Å². The van der Waals surface area contributed by atoms with Crippen LogP contribution in [0.3, 0.4) is 0 Å². The van der Waals surface area contributed by atoms with Crippen LogP contribution in [0.1, 0.15) is 47.3 Å². The lowest BCUT2D eigenvalue weighted by Crippen LogP contribution is -2.16. The van der Waals surface area contributed by atoms with Gasteiger partial charge in [0.2, 0.25) is 0 Å². The molecule has 92 valence electrons. The van der Waals surface area contributed by atoms with E-state index in [9.17, 15) is 9.59 Å². The quantitative estimate of drug-likeness (QED) is 0.745. The molecule has 0 amide bonds. The molecule has 1 rings (SSSR count). The van der Waals surface area contributed by atoms with Gasteiger partial charge in [0.1, 0.15) is 5.78 Å². The molecule has 17 heavy (non-hydrogen) atoms. The Morgan fingerprint density at radius 3 is 2.12 bits per heavy atom. The second kappa shape index (κ2) is 5.26. The van der Waals surface area contributed by atoms with Crippen molar-refractivity contribution >= 4 is 11.6 Å². The van der Waals surface area contributed by atoms with Gasteiger partial charge >= 0.3 is 0 Å². The van der Waals surface area contributed by atoms with Crippen LogP contribution in [0.15, 0.2) is 12.1 Å². The smallest absolute Gasteiger partial charge is 0.166 e. The Bertz CT molecular complexity index is 458. The van der Waals surface area contributed by atoms with Crippen LogP contribution in [0.4, 0.5) is 0 Å². The summed E-state index contributed by atoms with van der Waals surface area (Å²) in [5.41, 5.74) is 4.06. The molecule has 1 unspecified atom stereocenters. The summed E-state index contributed by atoms with van der Waals surface area (Å²) in [6.45, 7) is 9.33. The molecule has 0 radical (unpaired) electrons. The lowest BCUT2D eigenvalue weighted by Gasteiger charge is -2.13. The number of rotatable bonds is 4. The van der Waals surface area contributed by atoms with Gasteiger partial charge in [-0.05, 0) is 50.5 Å². The first-order valence-corrected chi connectivity index (χ1v) is 5.94. The molecular weight excluding hydrogens is 212 g/mol. The molecule has 1 aromatic rings. The first-order chi connectivity index (χ1) is 7.82. The highest BCUT2D eigenvalue weighted by molar-refractivity contribution is 6.01. The number of aryl methyl sites for hydroxylation is 3. The van der Waals surface area contributed by atoms with Crippen LogP contribution in [0.2, 0.25) is 0 Å². The van der Waals surface area contributed by atoms with Crippen molar-refractivity contribution in [1.82, 2.24) is 0 Å². The van der Waals surface area contributed by atoms with E-state index in [1.54, 1.807) is 0 Å². The van der Waals surface area contributed by atoms with E-state index in [1.165, 1.54) is 12.5 Å². The van der Waals surface area contributed by atoms with E-state index < -0.39 is 0 Å². The summed E-state index contributed by atoms with van der Waals surface area (Å²) in [4.78, 5) is 23.3. The normalized spacial score (nSPS) is 12.3. The van der Waals surface area contributed by atoms with Crippen LogP contribution in [0, 0.1) is 26.7 Å². The summed E-state index contributed by atoms with van der Waals surface area (Å²) >= 11 is 0. The Kier molecular flexibility index (Phi) is 4.22. The summed E-state index contributed by atoms with van der Waals surface area (Å²) in [7, 11) is 0. The third kappa shape index (κ3) is 3.26. The van der Waals surface area contributed by atoms with Crippen molar-refractivity contribution in [2.75, 3.05) is 0 Å². The number of Topliss-reactive ketones (excluding diaryl/α,β-unsaturated/α-hetero) is 2. The fourth-order valence-electron chi connectivity index (χ4n) is 2.02. The summed E-state index contributed by atoms with van der Waals surface area (Å²) in [6, 6.07) is 3.96. The zero-order valence-corrected chi connectivity index (χ0v) is 11.3. The van der Waals surface area contributed by atoms with Crippen LogP contribution in [-0.2, 0) is 4.79 Å². The zero-order chi connectivity index (χ0) is 13.2. The van der Waals surface area contributed by atoms with Gasteiger partial charge in [0.05, 0.1) is 0 Å². The maximum absolute atomic E-state index is 12.2. The summed E-state index contributed by atoms with van der Waals surface area (Å²) < 4.78 is 0. The lowest BCUT2D eigenvalue weighted by molar-refractivity contribution is -0.117. The Labute approximate surface area is 103 Å². The molecule has 0 N–H and O–H groups in total. The average molecular weight is 232 g/mol. The number of hydrogen-bond acceptors (Lipinski definition) is 2. The van der Waals surface area contributed by atoms with Crippen LogP contribution in [0.25, 0.3) is 0 Å². The molecule has 0 heterocycles. The van der Waals surface area contributed by atoms with Crippen molar-refractivity contribution in [3.8, 4) is 0 Å². The Morgan fingerprint density at radius 2 is 1.59 bits per heavy atom. The number of ketones is 2. The van der Waals surface area contributed by atoms with E-state index in [2.05, 4.69) is 0 Å². The van der Waals surface area contributed by atoms with Crippen molar-refractivity contribution in [2.45, 2.75) is 41.0 Å². The minimum absolute atomic E-state index is 0.0623. The first kappa shape index (κ1) is 13.6. The van der Waals surface area contributed by atoms with Gasteiger partial charge in [0, 0.05) is 17.9 Å². The lowest BCUT2D eigenvalue weighted by atomic mass is 9.90. The third-order valence-electron chi connectivity index (χ3n) is 3.15. The van der Waals surface area contributed by atoms with Crippen molar-refractivity contribution in [1.29, 1.82) is 0 Å². The van der Waals surface area contributed by atoms with Crippen LogP contribution in [-0.4, -0.2) is 11.6 Å². The van der Waals surface area contributed by atoms with E-state index in [1.807, 2.05) is 39.8 Å². The average Bonchev–Trinajstić information content (AvgIpc) is 2.21. The third-order valence-corrected chi connectivity index (χ3v) is 3.15. The van der Waals surface area contributed by atoms with Crippen molar-refractivity contribution in [3.63, 3.8) is 0 Å². The fraction of sp³-hybridized carbons (Fsp3) is 0.467. The number of carbonyl (C=O) groups is 2. The van der Waals surface area contributed by atoms with E-state index in [0.717, 1.165) is 16.7 Å². The molecule has 0 fully saturated rings. The minimum Gasteiger partial charge on any atom is -0.300 e. The minimum atomic E-state index is -0.228. The molecule has 2 heteroatoms. The van der Waals surface area contributed by atoms with E-state index in [4.69, 9.17) is 0 Å². The molecular formula is C15H20O2. The van der Waals surface area contributed by atoms with Crippen LogP contribution < -0.4 is 0 Å². The van der Waals surface area contributed by atoms with Gasteiger partial charge in [0.25, 0.3) is 0 Å². The van der Waals surface area contributed by atoms with Gasteiger partial charge in [-0.15, -0.1) is 0 Å². The van der Waals surface area contributed by atoms with Crippen molar-refractivity contribution < 1.29 is 9.59 Å². The predicted octanol–water partition coefficient (Wildman–Crippen LogP) is 3.41. The van der Waals surface area contributed by atoms with Gasteiger partial charge in [0.15, 0.2) is 5.78 Å². The highest BCUT2D eigenvalue weighted by atomic mass is 16.1. The molecule has 0 saturated heterocycles. The molecule has 1 atom stereocenters. The second-order valence-electron chi connectivity index (χ2n) is 4.92. The first-order valence-electron chi connectivity index (χ1n) is 5.94. The highest BCUT2D eigenvalue weighted by Gasteiger charge is 2.19. The SMILES string of the molecule is CC(=O)CC(C)C(=O)c1cc(C)c(C)cc1C. The summed E-state index contributed by atoms with van der Waals surface area (Å²) in [6.07, 6.45) is 0.325. The molecule has 0 aromatic heterocycles. The summed E-state index contributed by atoms with van der Waals surface area (Å²) in [5, 5.41) is 0. The van der Waals surface area contributed by atoms with E-state index in [-0.39, 0.29) is 17.5 Å². The maximum atomic E-state index is 12.2. The molecule has 2 nitrogen and oxygen atoms in total. The standard InChI is InChI=1S/C15H20O2/c1-9-6-11(3)14(8-10(9)2)15(17)12(4)7-13(5)16/h6,8,12H,7H2,1-5H3. The van der Waals surface area contributed by atoms with Crippen LogP contribution >= 0.6 is 0 Å². The molecule has 0 aliphatic heterocycles. The topological polar surface area (TPSA) is 34.1 Å². The molecule has 0 spiro atoms. The van der Waals surface area contributed by atoms with E-state index >= 15 is 0 Å². The largest absolute Gasteiger partial charge is 0.300 e. The van der Waals surface area contributed by atoms with Crippen LogP contribution in [0.5, 0.6) is 0 Å². The fourth-order valence-corrected chi connectivity index (χ4v) is 2.02. The number of benzene rings is 1. The molecule has 0 aliphatic carbocycles. The Morgan fingerprint density at radius 1 is 1.06 bits per heavy atom. The monoisotopic (exact) mass is 232 g/mol. The van der Waals surface area contributed by atoms with E-state index in [0.29, 0.717) is 6.42 Å². The molecule has 1 aromatic carbocycles. The highest BCUT2D eigenvalue weighted by Crippen LogP contribution is 2.20. The van der Waals surface area contributed by atoms with Gasteiger partial charge < -0.3 is 4.79 Å². The molecule has 0 saturated carbocycles. The predicted molar refractivity (Wildman–Crippen MR) is 69.4 cm³/mol. The zero-order valence-electron chi connectivity index (χ0n) is 11.3. The number of hydrogen-bond donors (Lipinski definition) is 0. The van der Waals surface area contributed by atoms with Gasteiger partial charge in [-0.2, -0.15) is 0 Å². The Balaban J connectivity index is 3.04. The second-order valence-corrected chi connectivity index (χ2v) is 4.92. The van der Waals surface area contributed by atoms with Gasteiger partial charge in [-0.1, -0.05) is 13.0 Å². The van der Waals surface area contributed by atoms with Crippen molar-refractivity contribution in [3.05, 3.63) is 34.4 Å². The summed E-state index contributed by atoms with van der Waals surface area (Å²) in [5.74, 6) is -0.0959. The van der Waals surface area contributed by atoms with Gasteiger partial charge in [-0.25, -0.2) is 0 Å².